The average Bonchev–Trinajstić information content (AvgIpc) is 2.44. The Morgan fingerprint density at radius 3 is 2.71 bits per heavy atom. The molecule has 8 nitrogen and oxygen atoms in total. The number of nitro groups is 1. The summed E-state index contributed by atoms with van der Waals surface area (Å²) < 4.78 is 5.36. The lowest BCUT2D eigenvalue weighted by atomic mass is 10.1. The van der Waals surface area contributed by atoms with Gasteiger partial charge in [-0.1, -0.05) is 6.07 Å². The van der Waals surface area contributed by atoms with E-state index >= 15 is 0 Å². The molecule has 0 saturated heterocycles. The van der Waals surface area contributed by atoms with Crippen molar-refractivity contribution in [3.63, 3.8) is 0 Å². The lowest BCUT2D eigenvalue weighted by Crippen LogP contribution is -2.31. The number of amides is 1. The first-order valence-electron chi connectivity index (χ1n) is 6.49. The predicted octanol–water partition coefficient (Wildman–Crippen LogP) is 1.38. The molecular weight excluding hydrogens is 276 g/mol. The van der Waals surface area contributed by atoms with E-state index in [0.717, 1.165) is 0 Å². The molecule has 0 spiro atoms. The molecule has 1 aromatic rings. The maximum absolute atomic E-state index is 12.3. The molecule has 0 aliphatic rings. The molecule has 8 heteroatoms. The summed E-state index contributed by atoms with van der Waals surface area (Å²) in [6, 6.07) is 4.38. The van der Waals surface area contributed by atoms with Gasteiger partial charge in [0.25, 0.3) is 5.91 Å². The Balaban J connectivity index is 2.94. The number of ether oxygens (including phenoxy) is 1. The number of carbonyl (C=O) groups is 1. The second-order valence-electron chi connectivity index (χ2n) is 4.75. The highest BCUT2D eigenvalue weighted by atomic mass is 16.6. The lowest BCUT2D eigenvalue weighted by Gasteiger charge is -2.18. The van der Waals surface area contributed by atoms with E-state index in [1.54, 1.807) is 7.05 Å². The Morgan fingerprint density at radius 2 is 2.19 bits per heavy atom. The van der Waals surface area contributed by atoms with Crippen LogP contribution in [0.5, 0.6) is 0 Å². The number of hydrogen-bond donors (Lipinski definition) is 2. The van der Waals surface area contributed by atoms with Crippen molar-refractivity contribution in [2.75, 3.05) is 25.6 Å². The lowest BCUT2D eigenvalue weighted by molar-refractivity contribution is -0.384. The summed E-state index contributed by atoms with van der Waals surface area (Å²) in [6.45, 7) is 4.49. The number of likely N-dealkylation sites (N-methyl/N-ethyl adjacent to an activating group) is 1. The zero-order valence-electron chi connectivity index (χ0n) is 12.3. The summed E-state index contributed by atoms with van der Waals surface area (Å²) in [6.07, 6.45) is 0.0626. The van der Waals surface area contributed by atoms with Crippen molar-refractivity contribution in [1.82, 2.24) is 4.90 Å². The molecule has 1 aromatic carbocycles. The highest BCUT2D eigenvalue weighted by Crippen LogP contribution is 2.28. The Morgan fingerprint density at radius 1 is 1.52 bits per heavy atom. The van der Waals surface area contributed by atoms with Crippen molar-refractivity contribution in [1.29, 1.82) is 0 Å². The van der Waals surface area contributed by atoms with Crippen LogP contribution in [-0.4, -0.2) is 42.0 Å². The highest BCUT2D eigenvalue weighted by Gasteiger charge is 2.26. The van der Waals surface area contributed by atoms with Crippen molar-refractivity contribution < 1.29 is 14.5 Å². The van der Waals surface area contributed by atoms with Gasteiger partial charge in [0.1, 0.15) is 11.3 Å². The van der Waals surface area contributed by atoms with E-state index in [-0.39, 0.29) is 23.0 Å². The maximum Gasteiger partial charge on any atom is 0.306 e. The first kappa shape index (κ1) is 16.9. The van der Waals surface area contributed by atoms with E-state index in [1.165, 1.54) is 23.1 Å². The fourth-order valence-corrected chi connectivity index (χ4v) is 1.76. The van der Waals surface area contributed by atoms with Gasteiger partial charge in [-0.15, -0.1) is 0 Å². The molecule has 0 saturated carbocycles. The minimum Gasteiger partial charge on any atom is -0.377 e. The molecule has 116 valence electrons. The van der Waals surface area contributed by atoms with Crippen LogP contribution in [0.15, 0.2) is 18.2 Å². The predicted molar refractivity (Wildman–Crippen MR) is 79.0 cm³/mol. The first-order valence-corrected chi connectivity index (χ1v) is 6.49. The van der Waals surface area contributed by atoms with Crippen molar-refractivity contribution in [2.45, 2.75) is 20.0 Å². The van der Waals surface area contributed by atoms with Gasteiger partial charge in [0.15, 0.2) is 0 Å². The van der Waals surface area contributed by atoms with E-state index in [1.807, 2.05) is 13.8 Å². The number of nitrogens with one attached hydrogen (secondary N) is 1. The van der Waals surface area contributed by atoms with Gasteiger partial charge in [0.2, 0.25) is 0 Å². The Bertz CT molecular complexity index is 519. The molecule has 0 bridgehead atoms. The number of benzene rings is 1. The fraction of sp³-hybridized carbons (Fsp3) is 0.462. The van der Waals surface area contributed by atoms with Crippen LogP contribution in [0, 0.1) is 10.1 Å². The second kappa shape index (κ2) is 7.55. The van der Waals surface area contributed by atoms with Gasteiger partial charge < -0.3 is 15.1 Å². The molecule has 0 aromatic heterocycles. The largest absolute Gasteiger partial charge is 0.377 e. The van der Waals surface area contributed by atoms with E-state index in [2.05, 4.69) is 5.43 Å². The quantitative estimate of drug-likeness (QED) is 0.446. The molecule has 0 aliphatic carbocycles. The van der Waals surface area contributed by atoms with Crippen molar-refractivity contribution in [2.24, 2.45) is 5.84 Å². The van der Waals surface area contributed by atoms with Gasteiger partial charge in [0.05, 0.1) is 17.6 Å². The van der Waals surface area contributed by atoms with Crippen molar-refractivity contribution in [3.05, 3.63) is 33.9 Å². The smallest absolute Gasteiger partial charge is 0.306 e. The van der Waals surface area contributed by atoms with Crippen LogP contribution in [0.2, 0.25) is 0 Å². The number of rotatable bonds is 7. The Labute approximate surface area is 123 Å². The standard InChI is InChI=1S/C13H20N4O4/c1-9(2)21-8-7-16(3)13(18)10-5-4-6-11(15-14)12(10)17(19)20/h4-6,9,15H,7-8,14H2,1-3H3. The van der Waals surface area contributed by atoms with E-state index in [9.17, 15) is 14.9 Å². The number of carbonyl (C=O) groups excluding carboxylic acids is 1. The van der Waals surface area contributed by atoms with Crippen molar-refractivity contribution in [3.8, 4) is 0 Å². The van der Waals surface area contributed by atoms with Crippen LogP contribution in [0.1, 0.15) is 24.2 Å². The SMILES string of the molecule is CC(C)OCCN(C)C(=O)c1cccc(NN)c1[N+](=O)[O-]. The number of nitrogens with two attached hydrogens (primary N) is 1. The summed E-state index contributed by atoms with van der Waals surface area (Å²) in [5.74, 6) is 4.80. The highest BCUT2D eigenvalue weighted by molar-refractivity contribution is 6.00. The molecule has 3 N–H and O–H groups in total. The molecule has 1 amide bonds. The molecule has 1 rings (SSSR count). The minimum absolute atomic E-state index is 0.0116. The van der Waals surface area contributed by atoms with Crippen LogP contribution in [0.25, 0.3) is 0 Å². The van der Waals surface area contributed by atoms with Gasteiger partial charge >= 0.3 is 5.69 Å². The van der Waals surface area contributed by atoms with Gasteiger partial charge in [-0.3, -0.25) is 20.8 Å². The molecule has 0 radical (unpaired) electrons. The number of hydrogen-bond acceptors (Lipinski definition) is 6. The Kier molecular flexibility index (Phi) is 6.07. The third kappa shape index (κ3) is 4.40. The normalized spacial score (nSPS) is 10.5. The number of para-hydroxylation sites is 1. The monoisotopic (exact) mass is 296 g/mol. The molecule has 21 heavy (non-hydrogen) atoms. The first-order chi connectivity index (χ1) is 9.88. The summed E-state index contributed by atoms with van der Waals surface area (Å²) in [5, 5.41) is 11.1. The third-order valence-electron chi connectivity index (χ3n) is 2.83. The summed E-state index contributed by atoms with van der Waals surface area (Å²) in [5.41, 5.74) is 1.98. The average molecular weight is 296 g/mol. The number of anilines is 1. The summed E-state index contributed by atoms with van der Waals surface area (Å²) in [7, 11) is 1.57. The molecular formula is C13H20N4O4. The van der Waals surface area contributed by atoms with Gasteiger partial charge in [-0.25, -0.2) is 0 Å². The molecule has 0 unspecified atom stereocenters. The summed E-state index contributed by atoms with van der Waals surface area (Å²) >= 11 is 0. The third-order valence-corrected chi connectivity index (χ3v) is 2.83. The zero-order chi connectivity index (χ0) is 16.0. The molecule has 0 fully saturated rings. The van der Waals surface area contributed by atoms with E-state index < -0.39 is 10.8 Å². The zero-order valence-corrected chi connectivity index (χ0v) is 12.3. The molecule has 0 atom stereocenters. The van der Waals surface area contributed by atoms with Crippen LogP contribution < -0.4 is 11.3 Å². The minimum atomic E-state index is -0.624. The summed E-state index contributed by atoms with van der Waals surface area (Å²) in [4.78, 5) is 24.2. The maximum atomic E-state index is 12.3. The van der Waals surface area contributed by atoms with Crippen molar-refractivity contribution >= 4 is 17.3 Å². The molecule has 0 aliphatic heterocycles. The van der Waals surface area contributed by atoms with Crippen LogP contribution in [-0.2, 0) is 4.74 Å². The van der Waals surface area contributed by atoms with Crippen LogP contribution >= 0.6 is 0 Å². The number of hydrazine groups is 1. The van der Waals surface area contributed by atoms with Crippen LogP contribution in [0.3, 0.4) is 0 Å². The topological polar surface area (TPSA) is 111 Å². The van der Waals surface area contributed by atoms with Gasteiger partial charge in [0, 0.05) is 13.6 Å². The second-order valence-corrected chi connectivity index (χ2v) is 4.75. The number of nitrogen functional groups attached to an aromatic ring is 1. The van der Waals surface area contributed by atoms with Crippen LogP contribution in [0.4, 0.5) is 11.4 Å². The Hall–Kier alpha value is -2.19. The van der Waals surface area contributed by atoms with E-state index in [4.69, 9.17) is 10.6 Å². The van der Waals surface area contributed by atoms with E-state index in [0.29, 0.717) is 13.2 Å². The number of nitro benzene ring substituents is 1. The molecule has 0 heterocycles. The van der Waals surface area contributed by atoms with Gasteiger partial charge in [-0.05, 0) is 26.0 Å². The van der Waals surface area contributed by atoms with Gasteiger partial charge in [-0.2, -0.15) is 0 Å². The number of nitrogens with zero attached hydrogens (tertiary/aromatic N) is 2. The fourth-order valence-electron chi connectivity index (χ4n) is 1.76.